The van der Waals surface area contributed by atoms with E-state index >= 15 is 0 Å². The van der Waals surface area contributed by atoms with Crippen LogP contribution >= 0.6 is 0 Å². The second-order valence-electron chi connectivity index (χ2n) is 8.77. The zero-order valence-electron chi connectivity index (χ0n) is 20.0. The van der Waals surface area contributed by atoms with E-state index in [4.69, 9.17) is 9.26 Å². The van der Waals surface area contributed by atoms with Crippen molar-refractivity contribution in [3.05, 3.63) is 65.5 Å². The van der Waals surface area contributed by atoms with Gasteiger partial charge in [-0.2, -0.15) is 4.98 Å². The van der Waals surface area contributed by atoms with E-state index < -0.39 is 0 Å². The molecule has 8 nitrogen and oxygen atoms in total. The summed E-state index contributed by atoms with van der Waals surface area (Å²) in [4.78, 5) is 21.6. The summed E-state index contributed by atoms with van der Waals surface area (Å²) in [5.74, 6) is 1.88. The average molecular weight is 464 g/mol. The predicted molar refractivity (Wildman–Crippen MR) is 130 cm³/mol. The molecule has 0 saturated carbocycles. The molecule has 2 heterocycles. The number of likely N-dealkylation sites (N-methyl/N-ethyl adjacent to an activating group) is 1. The molecule has 0 unspecified atom stereocenters. The predicted octanol–water partition coefficient (Wildman–Crippen LogP) is 3.13. The largest absolute Gasteiger partial charge is 0.497 e. The third-order valence-corrected chi connectivity index (χ3v) is 6.09. The third kappa shape index (κ3) is 6.88. The van der Waals surface area contributed by atoms with Gasteiger partial charge >= 0.3 is 0 Å². The average Bonchev–Trinajstić information content (AvgIpc) is 3.33. The van der Waals surface area contributed by atoms with Crippen LogP contribution in [0.1, 0.15) is 29.9 Å². The van der Waals surface area contributed by atoms with Crippen LogP contribution in [0.15, 0.2) is 53.1 Å². The summed E-state index contributed by atoms with van der Waals surface area (Å²) >= 11 is 0. The first-order chi connectivity index (χ1) is 16.6. The Morgan fingerprint density at radius 1 is 1.09 bits per heavy atom. The van der Waals surface area contributed by atoms with E-state index in [1.54, 1.807) is 7.11 Å². The Hall–Kier alpha value is -3.23. The molecule has 1 aromatic heterocycles. The lowest BCUT2D eigenvalue weighted by atomic mass is 10.1. The molecule has 34 heavy (non-hydrogen) atoms. The zero-order chi connectivity index (χ0) is 23.8. The summed E-state index contributed by atoms with van der Waals surface area (Å²) in [6.07, 6.45) is 1.64. The van der Waals surface area contributed by atoms with Crippen LogP contribution in [0.2, 0.25) is 0 Å². The fourth-order valence-corrected chi connectivity index (χ4v) is 4.01. The van der Waals surface area contributed by atoms with Gasteiger partial charge in [0.25, 0.3) is 0 Å². The maximum Gasteiger partial charge on any atom is 0.226 e. The quantitative estimate of drug-likeness (QED) is 0.495. The van der Waals surface area contributed by atoms with Crippen molar-refractivity contribution in [1.82, 2.24) is 25.3 Å². The summed E-state index contributed by atoms with van der Waals surface area (Å²) < 4.78 is 10.5. The molecule has 1 saturated heterocycles. The van der Waals surface area contributed by atoms with Crippen molar-refractivity contribution < 1.29 is 14.1 Å². The van der Waals surface area contributed by atoms with E-state index in [1.807, 2.05) is 24.3 Å². The Balaban J connectivity index is 1.18. The lowest BCUT2D eigenvalue weighted by Crippen LogP contribution is -2.43. The fourth-order valence-electron chi connectivity index (χ4n) is 4.01. The molecule has 180 valence electrons. The summed E-state index contributed by atoms with van der Waals surface area (Å²) in [7, 11) is 3.80. The zero-order valence-corrected chi connectivity index (χ0v) is 20.0. The second-order valence-corrected chi connectivity index (χ2v) is 8.77. The number of methoxy groups -OCH3 is 1. The van der Waals surface area contributed by atoms with Gasteiger partial charge < -0.3 is 19.5 Å². The van der Waals surface area contributed by atoms with Crippen LogP contribution in [0.3, 0.4) is 0 Å². The van der Waals surface area contributed by atoms with Gasteiger partial charge in [0.1, 0.15) is 5.75 Å². The van der Waals surface area contributed by atoms with Gasteiger partial charge in [-0.15, -0.1) is 0 Å². The molecule has 1 aliphatic heterocycles. The van der Waals surface area contributed by atoms with Crippen molar-refractivity contribution in [2.24, 2.45) is 0 Å². The standard InChI is InChI=1S/C26H33N5O3/c1-30-13-15-31(16-14-30)19-21-6-3-5-20(17-21)18-27-24(32)7-4-8-25-28-26(29-34-25)22-9-11-23(33-2)12-10-22/h3,5-6,9-12,17H,4,7-8,13-16,18-19H2,1-2H3,(H,27,32). The molecule has 0 spiro atoms. The van der Waals surface area contributed by atoms with Crippen LogP contribution in [0.5, 0.6) is 5.75 Å². The van der Waals surface area contributed by atoms with Crippen molar-refractivity contribution in [2.75, 3.05) is 40.3 Å². The number of aryl methyl sites for hydroxylation is 1. The normalized spacial score (nSPS) is 14.8. The summed E-state index contributed by atoms with van der Waals surface area (Å²) in [6, 6.07) is 16.0. The highest BCUT2D eigenvalue weighted by Crippen LogP contribution is 2.20. The van der Waals surface area contributed by atoms with E-state index in [-0.39, 0.29) is 5.91 Å². The molecule has 3 aromatic rings. The van der Waals surface area contributed by atoms with Crippen molar-refractivity contribution >= 4 is 5.91 Å². The lowest BCUT2D eigenvalue weighted by molar-refractivity contribution is -0.121. The monoisotopic (exact) mass is 463 g/mol. The number of nitrogens with zero attached hydrogens (tertiary/aromatic N) is 4. The number of carbonyl (C=O) groups is 1. The Kier molecular flexibility index (Phi) is 8.27. The number of carbonyl (C=O) groups excluding carboxylic acids is 1. The third-order valence-electron chi connectivity index (χ3n) is 6.09. The first kappa shape index (κ1) is 23.9. The SMILES string of the molecule is COc1ccc(-c2noc(CCCC(=O)NCc3cccc(CN4CCN(C)CC4)c3)n2)cc1. The van der Waals surface area contributed by atoms with Gasteiger partial charge in [-0.3, -0.25) is 9.69 Å². The molecule has 0 radical (unpaired) electrons. The van der Waals surface area contributed by atoms with Crippen molar-refractivity contribution in [1.29, 1.82) is 0 Å². The first-order valence-corrected chi connectivity index (χ1v) is 11.8. The minimum Gasteiger partial charge on any atom is -0.497 e. The van der Waals surface area contributed by atoms with Crippen LogP contribution < -0.4 is 10.1 Å². The Labute approximate surface area is 200 Å². The summed E-state index contributed by atoms with van der Waals surface area (Å²) in [5.41, 5.74) is 3.28. The minimum atomic E-state index is 0.0272. The molecular weight excluding hydrogens is 430 g/mol. The van der Waals surface area contributed by atoms with Gasteiger partial charge in [-0.25, -0.2) is 0 Å². The number of amides is 1. The number of ether oxygens (including phenoxy) is 1. The highest BCUT2D eigenvalue weighted by molar-refractivity contribution is 5.75. The molecule has 1 aliphatic rings. The van der Waals surface area contributed by atoms with Gasteiger partial charge in [0.15, 0.2) is 0 Å². The molecule has 0 aliphatic carbocycles. The molecule has 1 fully saturated rings. The molecule has 1 N–H and O–H groups in total. The van der Waals surface area contributed by atoms with E-state index in [0.29, 0.717) is 37.5 Å². The van der Waals surface area contributed by atoms with Crippen molar-refractivity contribution in [3.63, 3.8) is 0 Å². The molecular formula is C26H33N5O3. The van der Waals surface area contributed by atoms with Crippen molar-refractivity contribution in [3.8, 4) is 17.1 Å². The molecule has 0 atom stereocenters. The fraction of sp³-hybridized carbons (Fsp3) is 0.423. The van der Waals surface area contributed by atoms with Gasteiger partial charge in [-0.05, 0) is 48.9 Å². The molecule has 4 rings (SSSR count). The summed E-state index contributed by atoms with van der Waals surface area (Å²) in [5, 5.41) is 7.06. The van der Waals surface area contributed by atoms with E-state index in [0.717, 1.165) is 49.6 Å². The van der Waals surface area contributed by atoms with Crippen LogP contribution in [0.4, 0.5) is 0 Å². The number of hydrogen-bond acceptors (Lipinski definition) is 7. The number of aromatic nitrogens is 2. The lowest BCUT2D eigenvalue weighted by Gasteiger charge is -2.32. The van der Waals surface area contributed by atoms with Gasteiger partial charge in [0.2, 0.25) is 17.6 Å². The van der Waals surface area contributed by atoms with Crippen LogP contribution in [-0.4, -0.2) is 66.2 Å². The molecule has 1 amide bonds. The maximum atomic E-state index is 12.3. The number of nitrogens with one attached hydrogen (secondary N) is 1. The Morgan fingerprint density at radius 3 is 2.62 bits per heavy atom. The minimum absolute atomic E-state index is 0.0272. The number of rotatable bonds is 10. The van der Waals surface area contributed by atoms with E-state index in [1.165, 1.54) is 5.56 Å². The highest BCUT2D eigenvalue weighted by Gasteiger charge is 2.14. The van der Waals surface area contributed by atoms with E-state index in [9.17, 15) is 4.79 Å². The number of hydrogen-bond donors (Lipinski definition) is 1. The van der Waals surface area contributed by atoms with Crippen LogP contribution in [0.25, 0.3) is 11.4 Å². The van der Waals surface area contributed by atoms with Gasteiger partial charge in [0, 0.05) is 57.7 Å². The Bertz CT molecular complexity index is 1060. The smallest absolute Gasteiger partial charge is 0.226 e. The van der Waals surface area contributed by atoms with Gasteiger partial charge in [-0.1, -0.05) is 29.4 Å². The molecule has 0 bridgehead atoms. The topological polar surface area (TPSA) is 83.7 Å². The summed E-state index contributed by atoms with van der Waals surface area (Å²) in [6.45, 7) is 5.92. The number of piperazine rings is 1. The first-order valence-electron chi connectivity index (χ1n) is 11.8. The van der Waals surface area contributed by atoms with Gasteiger partial charge in [0.05, 0.1) is 7.11 Å². The molecule has 8 heteroatoms. The second kappa shape index (κ2) is 11.8. The van der Waals surface area contributed by atoms with E-state index in [2.05, 4.69) is 56.6 Å². The van der Waals surface area contributed by atoms with Crippen molar-refractivity contribution in [2.45, 2.75) is 32.4 Å². The highest BCUT2D eigenvalue weighted by atomic mass is 16.5. The molecule has 2 aromatic carbocycles. The van der Waals surface area contributed by atoms with Crippen LogP contribution in [-0.2, 0) is 24.3 Å². The maximum absolute atomic E-state index is 12.3. The Morgan fingerprint density at radius 2 is 1.85 bits per heavy atom. The van der Waals surface area contributed by atoms with Crippen LogP contribution in [0, 0.1) is 0 Å². The number of benzene rings is 2.